The number of thiophene rings is 1. The summed E-state index contributed by atoms with van der Waals surface area (Å²) in [6, 6.07) is 12.0. The van der Waals surface area contributed by atoms with Gasteiger partial charge in [-0.1, -0.05) is 6.07 Å². The van der Waals surface area contributed by atoms with E-state index in [-0.39, 0.29) is 23.7 Å². The van der Waals surface area contributed by atoms with Crippen LogP contribution < -0.4 is 5.32 Å². The molecule has 1 aromatic carbocycles. The zero-order chi connectivity index (χ0) is 18.6. The van der Waals surface area contributed by atoms with E-state index in [9.17, 15) is 9.18 Å². The van der Waals surface area contributed by atoms with Crippen molar-refractivity contribution in [3.05, 3.63) is 70.4 Å². The second kappa shape index (κ2) is 8.02. The van der Waals surface area contributed by atoms with Crippen LogP contribution in [0.5, 0.6) is 0 Å². The minimum Gasteiger partial charge on any atom is -0.371 e. The zero-order valence-corrected chi connectivity index (χ0v) is 15.5. The number of nitrogens with one attached hydrogen (secondary N) is 1. The molecular weight excluding hydrogens is 365 g/mol. The van der Waals surface area contributed by atoms with Gasteiger partial charge in [-0.15, -0.1) is 11.3 Å². The monoisotopic (exact) mass is 385 g/mol. The Labute approximate surface area is 160 Å². The number of nitrogens with zero attached hydrogens (tertiary/aromatic N) is 2. The Morgan fingerprint density at radius 2 is 2.15 bits per heavy atom. The molecule has 0 spiro atoms. The maximum Gasteiger partial charge on any atom is 0.226 e. The molecule has 0 saturated carbocycles. The highest BCUT2D eigenvalue weighted by atomic mass is 32.1. The molecule has 0 bridgehead atoms. The number of carbonyl (C=O) groups is 1. The summed E-state index contributed by atoms with van der Waals surface area (Å²) in [6.45, 7) is 1.14. The predicted molar refractivity (Wildman–Crippen MR) is 101 cm³/mol. The van der Waals surface area contributed by atoms with Crippen LogP contribution in [0.25, 0.3) is 5.69 Å². The van der Waals surface area contributed by atoms with E-state index in [2.05, 4.69) is 16.5 Å². The molecule has 27 heavy (non-hydrogen) atoms. The number of carbonyl (C=O) groups excluding carboxylic acids is 1. The average molecular weight is 385 g/mol. The summed E-state index contributed by atoms with van der Waals surface area (Å²) in [7, 11) is 0. The number of hydrogen-bond acceptors (Lipinski definition) is 4. The van der Waals surface area contributed by atoms with Gasteiger partial charge in [-0.3, -0.25) is 4.79 Å². The lowest BCUT2D eigenvalue weighted by Crippen LogP contribution is -2.34. The van der Waals surface area contributed by atoms with Crippen molar-refractivity contribution >= 4 is 17.2 Å². The molecule has 5 nitrogen and oxygen atoms in total. The molecule has 0 unspecified atom stereocenters. The average Bonchev–Trinajstić information content (AvgIpc) is 3.42. The first-order valence-electron chi connectivity index (χ1n) is 8.94. The lowest BCUT2D eigenvalue weighted by atomic mass is 9.97. The molecule has 1 N–H and O–H groups in total. The van der Waals surface area contributed by atoms with Crippen molar-refractivity contribution < 1.29 is 13.9 Å². The van der Waals surface area contributed by atoms with E-state index in [0.29, 0.717) is 19.6 Å². The van der Waals surface area contributed by atoms with Crippen LogP contribution >= 0.6 is 11.3 Å². The minimum atomic E-state index is -0.362. The summed E-state index contributed by atoms with van der Waals surface area (Å²) in [5.74, 6) is -0.558. The van der Waals surface area contributed by atoms with Crippen LogP contribution in [0.2, 0.25) is 0 Å². The first-order chi connectivity index (χ1) is 13.2. The van der Waals surface area contributed by atoms with Crippen LogP contribution in [0.4, 0.5) is 4.39 Å². The molecule has 2 atom stereocenters. The Morgan fingerprint density at radius 3 is 2.93 bits per heavy atom. The van der Waals surface area contributed by atoms with Gasteiger partial charge in [0, 0.05) is 24.2 Å². The fraction of sp³-hybridized carbons (Fsp3) is 0.300. The lowest BCUT2D eigenvalue weighted by Gasteiger charge is -2.19. The molecule has 4 rings (SSSR count). The van der Waals surface area contributed by atoms with Gasteiger partial charge < -0.3 is 10.1 Å². The molecule has 7 heteroatoms. The smallest absolute Gasteiger partial charge is 0.226 e. The Bertz CT molecular complexity index is 892. The molecular formula is C20H20FN3O2S. The lowest BCUT2D eigenvalue weighted by molar-refractivity contribution is -0.126. The molecule has 1 saturated heterocycles. The second-order valence-electron chi connectivity index (χ2n) is 6.45. The summed E-state index contributed by atoms with van der Waals surface area (Å²) in [6.07, 6.45) is 2.81. The first kappa shape index (κ1) is 17.9. The number of ether oxygens (including phenoxy) is 1. The number of rotatable bonds is 6. The van der Waals surface area contributed by atoms with E-state index in [1.165, 1.54) is 17.0 Å². The van der Waals surface area contributed by atoms with Crippen molar-refractivity contribution in [3.63, 3.8) is 0 Å². The van der Waals surface area contributed by atoms with Gasteiger partial charge >= 0.3 is 0 Å². The van der Waals surface area contributed by atoms with Gasteiger partial charge in [-0.25, -0.2) is 9.07 Å². The summed E-state index contributed by atoms with van der Waals surface area (Å²) in [5.41, 5.74) is 1.54. The zero-order valence-electron chi connectivity index (χ0n) is 14.7. The minimum absolute atomic E-state index is 0.000845. The Kier molecular flexibility index (Phi) is 5.31. The third-order valence-electron chi connectivity index (χ3n) is 4.71. The van der Waals surface area contributed by atoms with Crippen molar-refractivity contribution in [1.82, 2.24) is 15.1 Å². The van der Waals surface area contributed by atoms with Crippen molar-refractivity contribution in [1.29, 1.82) is 0 Å². The number of aromatic nitrogens is 2. The van der Waals surface area contributed by atoms with Gasteiger partial charge in [-0.05, 0) is 54.6 Å². The van der Waals surface area contributed by atoms with E-state index in [4.69, 9.17) is 4.74 Å². The topological polar surface area (TPSA) is 56.1 Å². The Hall–Kier alpha value is -2.51. The van der Waals surface area contributed by atoms with Crippen LogP contribution in [0.15, 0.2) is 54.0 Å². The molecule has 1 aliphatic heterocycles. The molecule has 1 amide bonds. The number of benzene rings is 1. The van der Waals surface area contributed by atoms with Crippen LogP contribution in [-0.2, 0) is 16.0 Å². The van der Waals surface area contributed by atoms with Crippen molar-refractivity contribution in [2.75, 3.05) is 13.2 Å². The fourth-order valence-corrected chi connectivity index (χ4v) is 4.08. The molecule has 0 radical (unpaired) electrons. The number of hydrogen-bond donors (Lipinski definition) is 1. The van der Waals surface area contributed by atoms with E-state index in [1.807, 2.05) is 17.5 Å². The maximum atomic E-state index is 13.2. The van der Waals surface area contributed by atoms with E-state index in [1.54, 1.807) is 34.3 Å². The molecule has 1 aliphatic rings. The summed E-state index contributed by atoms with van der Waals surface area (Å²) in [4.78, 5) is 14.0. The fourth-order valence-electron chi connectivity index (χ4n) is 3.37. The molecule has 1 fully saturated rings. The molecule has 0 aliphatic carbocycles. The van der Waals surface area contributed by atoms with Crippen LogP contribution in [0.3, 0.4) is 0 Å². The Balaban J connectivity index is 1.46. The van der Waals surface area contributed by atoms with E-state index < -0.39 is 0 Å². The summed E-state index contributed by atoms with van der Waals surface area (Å²) in [5, 5.41) is 9.40. The third kappa shape index (κ3) is 3.94. The van der Waals surface area contributed by atoms with E-state index in [0.717, 1.165) is 17.8 Å². The largest absolute Gasteiger partial charge is 0.371 e. The van der Waals surface area contributed by atoms with Crippen LogP contribution in [0, 0.1) is 11.7 Å². The normalized spacial score (nSPS) is 19.3. The highest BCUT2D eigenvalue weighted by molar-refractivity contribution is 7.09. The van der Waals surface area contributed by atoms with Crippen molar-refractivity contribution in [3.8, 4) is 5.69 Å². The van der Waals surface area contributed by atoms with Gasteiger partial charge in [0.15, 0.2) is 0 Å². The third-order valence-corrected chi connectivity index (χ3v) is 5.65. The summed E-state index contributed by atoms with van der Waals surface area (Å²) >= 11 is 1.69. The molecule has 3 heterocycles. The SMILES string of the molecule is O=C(NCCc1cccs1)[C@H]1CCO[C@@H]1c1ccnn1-c1ccc(F)cc1. The van der Waals surface area contributed by atoms with Crippen LogP contribution in [0.1, 0.15) is 23.1 Å². The highest BCUT2D eigenvalue weighted by Crippen LogP contribution is 2.35. The Morgan fingerprint density at radius 1 is 1.30 bits per heavy atom. The van der Waals surface area contributed by atoms with Gasteiger partial charge in [0.2, 0.25) is 5.91 Å². The molecule has 3 aromatic rings. The van der Waals surface area contributed by atoms with Gasteiger partial charge in [-0.2, -0.15) is 5.10 Å². The van der Waals surface area contributed by atoms with Crippen molar-refractivity contribution in [2.24, 2.45) is 5.92 Å². The molecule has 140 valence electrons. The second-order valence-corrected chi connectivity index (χ2v) is 7.48. The van der Waals surface area contributed by atoms with Crippen LogP contribution in [-0.4, -0.2) is 28.8 Å². The highest BCUT2D eigenvalue weighted by Gasteiger charge is 2.37. The number of halogens is 1. The predicted octanol–water partition coefficient (Wildman–Crippen LogP) is 3.51. The molecule has 2 aromatic heterocycles. The van der Waals surface area contributed by atoms with Gasteiger partial charge in [0.25, 0.3) is 0 Å². The van der Waals surface area contributed by atoms with E-state index >= 15 is 0 Å². The first-order valence-corrected chi connectivity index (χ1v) is 9.82. The van der Waals surface area contributed by atoms with Gasteiger partial charge in [0.05, 0.1) is 17.3 Å². The quantitative estimate of drug-likeness (QED) is 0.706. The maximum absolute atomic E-state index is 13.2. The number of amides is 1. The van der Waals surface area contributed by atoms with Crippen molar-refractivity contribution in [2.45, 2.75) is 18.9 Å². The summed E-state index contributed by atoms with van der Waals surface area (Å²) < 4.78 is 20.8. The standard InChI is InChI=1S/C20H20FN3O2S/c21-14-3-5-15(6-4-14)24-18(8-11-23-24)19-17(9-12-26-19)20(25)22-10-7-16-2-1-13-27-16/h1-6,8,11,13,17,19H,7,9-10,12H2,(H,22,25)/t17-,19-/m0/s1. The van der Waals surface area contributed by atoms with Gasteiger partial charge in [0.1, 0.15) is 11.9 Å².